The minimum absolute atomic E-state index is 0.0549. The Kier molecular flexibility index (Phi) is 5.68. The van der Waals surface area contributed by atoms with Crippen molar-refractivity contribution >= 4 is 17.5 Å². The minimum Gasteiger partial charge on any atom is -0.444 e. The molecule has 27 heavy (non-hydrogen) atoms. The lowest BCUT2D eigenvalue weighted by Gasteiger charge is -2.32. The predicted octanol–water partition coefficient (Wildman–Crippen LogP) is 2.64. The van der Waals surface area contributed by atoms with E-state index in [2.05, 4.69) is 10.3 Å². The van der Waals surface area contributed by atoms with Crippen LogP contribution in [0.25, 0.3) is 5.52 Å². The van der Waals surface area contributed by atoms with Crippen molar-refractivity contribution in [1.82, 2.24) is 19.6 Å². The van der Waals surface area contributed by atoms with Crippen LogP contribution in [-0.4, -0.2) is 51.5 Å². The number of amides is 2. The Labute approximate surface area is 159 Å². The molecule has 2 aromatic rings. The summed E-state index contributed by atoms with van der Waals surface area (Å²) < 4.78 is 7.42. The predicted molar refractivity (Wildman–Crippen MR) is 102 cm³/mol. The van der Waals surface area contributed by atoms with Crippen LogP contribution >= 0.6 is 0 Å². The third-order valence-electron chi connectivity index (χ3n) is 4.68. The van der Waals surface area contributed by atoms with Crippen LogP contribution < -0.4 is 5.32 Å². The van der Waals surface area contributed by atoms with Gasteiger partial charge in [0.15, 0.2) is 0 Å². The van der Waals surface area contributed by atoms with Gasteiger partial charge in [0.1, 0.15) is 11.4 Å². The van der Waals surface area contributed by atoms with Gasteiger partial charge in [-0.1, -0.05) is 6.07 Å². The van der Waals surface area contributed by atoms with E-state index in [0.717, 1.165) is 11.3 Å². The largest absolute Gasteiger partial charge is 0.444 e. The summed E-state index contributed by atoms with van der Waals surface area (Å²) in [5.41, 5.74) is 0.552. The van der Waals surface area contributed by atoms with Gasteiger partial charge in [-0.3, -0.25) is 4.79 Å². The van der Waals surface area contributed by atoms with Crippen molar-refractivity contribution in [3.8, 4) is 0 Å². The highest BCUT2D eigenvalue weighted by atomic mass is 16.6. The standard InChI is InChI=1S/C20H28N4O3/c1-20(2,3)27-19(26)23-12-8-15(9-13-23)18(25)21-10-7-17-22-14-16-6-4-5-11-24(16)17/h4-6,11,14-15H,7-10,12-13H2,1-3H3,(H,21,25). The summed E-state index contributed by atoms with van der Waals surface area (Å²) in [7, 11) is 0. The Morgan fingerprint density at radius 2 is 2.00 bits per heavy atom. The van der Waals surface area contributed by atoms with Gasteiger partial charge < -0.3 is 19.4 Å². The number of hydrogen-bond donors (Lipinski definition) is 1. The number of carbonyl (C=O) groups excluding carboxylic acids is 2. The zero-order valence-corrected chi connectivity index (χ0v) is 16.3. The lowest BCUT2D eigenvalue weighted by molar-refractivity contribution is -0.126. The molecule has 1 fully saturated rings. The minimum atomic E-state index is -0.498. The molecule has 1 aliphatic rings. The van der Waals surface area contributed by atoms with Crippen LogP contribution in [0.4, 0.5) is 4.79 Å². The van der Waals surface area contributed by atoms with E-state index < -0.39 is 5.60 Å². The average molecular weight is 372 g/mol. The number of pyridine rings is 1. The first kappa shape index (κ1) is 19.2. The summed E-state index contributed by atoms with van der Waals surface area (Å²) in [5, 5.41) is 3.01. The smallest absolute Gasteiger partial charge is 0.410 e. The first-order valence-corrected chi connectivity index (χ1v) is 9.50. The SMILES string of the molecule is CC(C)(C)OC(=O)N1CCC(C(=O)NCCc2ncc3ccccn23)CC1. The quantitative estimate of drug-likeness (QED) is 0.895. The number of likely N-dealkylation sites (tertiary alicyclic amines) is 1. The van der Waals surface area contributed by atoms with Crippen molar-refractivity contribution in [2.45, 2.75) is 45.6 Å². The summed E-state index contributed by atoms with van der Waals surface area (Å²) in [4.78, 5) is 30.6. The molecule has 2 amide bonds. The fraction of sp³-hybridized carbons (Fsp3) is 0.550. The molecular weight excluding hydrogens is 344 g/mol. The van der Waals surface area contributed by atoms with E-state index in [4.69, 9.17) is 4.74 Å². The number of nitrogens with one attached hydrogen (secondary N) is 1. The van der Waals surface area contributed by atoms with Crippen LogP contribution in [0.15, 0.2) is 30.6 Å². The Balaban J connectivity index is 1.43. The van der Waals surface area contributed by atoms with E-state index in [9.17, 15) is 9.59 Å². The van der Waals surface area contributed by atoms with Gasteiger partial charge in [0.25, 0.3) is 0 Å². The summed E-state index contributed by atoms with van der Waals surface area (Å²) in [6, 6.07) is 5.95. The molecular formula is C20H28N4O3. The maximum atomic E-state index is 12.4. The fourth-order valence-corrected chi connectivity index (χ4v) is 3.28. The molecule has 7 heteroatoms. The van der Waals surface area contributed by atoms with Crippen LogP contribution in [0.5, 0.6) is 0 Å². The molecule has 0 bridgehead atoms. The monoisotopic (exact) mass is 372 g/mol. The van der Waals surface area contributed by atoms with Crippen LogP contribution in [0.2, 0.25) is 0 Å². The number of ether oxygens (including phenoxy) is 1. The van der Waals surface area contributed by atoms with E-state index in [1.807, 2.05) is 55.8 Å². The highest BCUT2D eigenvalue weighted by Crippen LogP contribution is 2.20. The Morgan fingerprint density at radius 3 is 2.70 bits per heavy atom. The lowest BCUT2D eigenvalue weighted by atomic mass is 9.96. The maximum absolute atomic E-state index is 12.4. The first-order chi connectivity index (χ1) is 12.8. The van der Waals surface area contributed by atoms with E-state index in [-0.39, 0.29) is 17.9 Å². The lowest BCUT2D eigenvalue weighted by Crippen LogP contribution is -2.45. The molecule has 146 valence electrons. The number of nitrogens with zero attached hydrogens (tertiary/aromatic N) is 3. The number of carbonyl (C=O) groups is 2. The number of aromatic nitrogens is 2. The zero-order valence-electron chi connectivity index (χ0n) is 16.3. The summed E-state index contributed by atoms with van der Waals surface area (Å²) in [5.74, 6) is 0.936. The van der Waals surface area contributed by atoms with Gasteiger partial charge in [0, 0.05) is 38.2 Å². The van der Waals surface area contributed by atoms with Crippen molar-refractivity contribution < 1.29 is 14.3 Å². The Morgan fingerprint density at radius 1 is 1.26 bits per heavy atom. The third kappa shape index (κ3) is 4.99. The first-order valence-electron chi connectivity index (χ1n) is 9.50. The Hall–Kier alpha value is -2.57. The van der Waals surface area contributed by atoms with Crippen molar-refractivity contribution in [3.63, 3.8) is 0 Å². The van der Waals surface area contributed by atoms with Gasteiger partial charge >= 0.3 is 6.09 Å². The molecule has 1 saturated heterocycles. The van der Waals surface area contributed by atoms with Crippen molar-refractivity contribution in [2.24, 2.45) is 5.92 Å². The molecule has 0 unspecified atom stereocenters. The van der Waals surface area contributed by atoms with E-state index in [0.29, 0.717) is 38.9 Å². The van der Waals surface area contributed by atoms with Crippen molar-refractivity contribution in [3.05, 3.63) is 36.4 Å². The molecule has 0 aromatic carbocycles. The topological polar surface area (TPSA) is 75.9 Å². The van der Waals surface area contributed by atoms with Gasteiger partial charge in [0.05, 0.1) is 11.7 Å². The van der Waals surface area contributed by atoms with Gasteiger partial charge in [-0.25, -0.2) is 9.78 Å². The highest BCUT2D eigenvalue weighted by Gasteiger charge is 2.29. The number of fused-ring (bicyclic) bond motifs is 1. The number of hydrogen-bond acceptors (Lipinski definition) is 4. The van der Waals surface area contributed by atoms with Gasteiger partial charge in [-0.15, -0.1) is 0 Å². The van der Waals surface area contributed by atoms with E-state index in [1.165, 1.54) is 0 Å². The summed E-state index contributed by atoms with van der Waals surface area (Å²) in [6.45, 7) is 7.23. The van der Waals surface area contributed by atoms with Crippen molar-refractivity contribution in [2.75, 3.05) is 19.6 Å². The normalized spacial score (nSPS) is 15.7. The average Bonchev–Trinajstić information content (AvgIpc) is 3.04. The second kappa shape index (κ2) is 7.98. The fourth-order valence-electron chi connectivity index (χ4n) is 3.28. The van der Waals surface area contributed by atoms with Crippen LogP contribution in [0, 0.1) is 5.92 Å². The van der Waals surface area contributed by atoms with Gasteiger partial charge in [-0.05, 0) is 45.7 Å². The van der Waals surface area contributed by atoms with Crippen LogP contribution in [0.3, 0.4) is 0 Å². The van der Waals surface area contributed by atoms with Crippen LogP contribution in [0.1, 0.15) is 39.4 Å². The second-order valence-corrected chi connectivity index (χ2v) is 7.95. The summed E-state index contributed by atoms with van der Waals surface area (Å²) >= 11 is 0. The van der Waals surface area contributed by atoms with Gasteiger partial charge in [0.2, 0.25) is 5.91 Å². The molecule has 0 radical (unpaired) electrons. The molecule has 0 saturated carbocycles. The molecule has 7 nitrogen and oxygen atoms in total. The van der Waals surface area contributed by atoms with E-state index in [1.54, 1.807) is 4.90 Å². The molecule has 0 aliphatic carbocycles. The highest BCUT2D eigenvalue weighted by molar-refractivity contribution is 5.79. The molecule has 3 rings (SSSR count). The third-order valence-corrected chi connectivity index (χ3v) is 4.68. The van der Waals surface area contributed by atoms with Crippen LogP contribution in [-0.2, 0) is 16.0 Å². The zero-order chi connectivity index (χ0) is 19.4. The summed E-state index contributed by atoms with van der Waals surface area (Å²) in [6.07, 6.45) is 5.53. The van der Waals surface area contributed by atoms with E-state index >= 15 is 0 Å². The molecule has 1 N–H and O–H groups in total. The second-order valence-electron chi connectivity index (χ2n) is 7.95. The van der Waals surface area contributed by atoms with Gasteiger partial charge in [-0.2, -0.15) is 0 Å². The Bertz CT molecular complexity index is 801. The number of piperidine rings is 1. The number of rotatable bonds is 4. The number of imidazole rings is 1. The molecule has 1 aliphatic heterocycles. The molecule has 0 spiro atoms. The molecule has 2 aromatic heterocycles. The van der Waals surface area contributed by atoms with Crippen molar-refractivity contribution in [1.29, 1.82) is 0 Å². The maximum Gasteiger partial charge on any atom is 0.410 e. The molecule has 3 heterocycles. The molecule has 0 atom stereocenters.